The highest BCUT2D eigenvalue weighted by Gasteiger charge is 2.12. The predicted molar refractivity (Wildman–Crippen MR) is 89.0 cm³/mol. The number of aromatic amines is 1. The molecule has 0 radical (unpaired) electrons. The molecule has 6 heteroatoms. The maximum Gasteiger partial charge on any atom is 0.264 e. The fourth-order valence-corrected chi connectivity index (χ4v) is 2.57. The summed E-state index contributed by atoms with van der Waals surface area (Å²) in [6.45, 7) is 0.299. The van der Waals surface area contributed by atoms with Crippen molar-refractivity contribution in [2.75, 3.05) is 7.11 Å². The van der Waals surface area contributed by atoms with Crippen LogP contribution in [0.15, 0.2) is 41.3 Å². The van der Waals surface area contributed by atoms with Crippen LogP contribution < -0.4 is 5.56 Å². The first-order valence-corrected chi connectivity index (χ1v) is 7.40. The maximum absolute atomic E-state index is 12.1. The zero-order valence-electron chi connectivity index (χ0n) is 11.3. The van der Waals surface area contributed by atoms with Gasteiger partial charge in [0, 0.05) is 24.3 Å². The number of methoxy groups -OCH3 is 1. The lowest BCUT2D eigenvalue weighted by Gasteiger charge is -2.08. The quantitative estimate of drug-likeness (QED) is 0.695. The zero-order chi connectivity index (χ0) is 14.8. The third kappa shape index (κ3) is 2.68. The molecule has 106 valence electrons. The average Bonchev–Trinajstić information content (AvgIpc) is 2.51. The molecule has 0 spiro atoms. The van der Waals surface area contributed by atoms with Crippen LogP contribution in [0.3, 0.4) is 0 Å². The van der Waals surface area contributed by atoms with Crippen molar-refractivity contribution in [1.82, 2.24) is 15.0 Å². The number of hydrogen-bond donors (Lipinski definition) is 1. The summed E-state index contributed by atoms with van der Waals surface area (Å²) >= 11 is 1.98. The minimum atomic E-state index is -0.166. The van der Waals surface area contributed by atoms with Gasteiger partial charge < -0.3 is 9.72 Å². The highest BCUT2D eigenvalue weighted by molar-refractivity contribution is 14.1. The van der Waals surface area contributed by atoms with Crippen LogP contribution in [0.1, 0.15) is 5.69 Å². The van der Waals surface area contributed by atoms with Crippen LogP contribution >= 0.6 is 22.6 Å². The largest absolute Gasteiger partial charge is 0.378 e. The summed E-state index contributed by atoms with van der Waals surface area (Å²) in [6.07, 6.45) is 1.73. The Balaban J connectivity index is 2.26. The Labute approximate surface area is 134 Å². The molecule has 1 aromatic carbocycles. The lowest BCUT2D eigenvalue weighted by molar-refractivity contribution is 0.180. The number of para-hydroxylation sites is 1. The van der Waals surface area contributed by atoms with E-state index in [0.29, 0.717) is 21.7 Å². The second-order valence-corrected chi connectivity index (χ2v) is 5.57. The van der Waals surface area contributed by atoms with Gasteiger partial charge in [-0.2, -0.15) is 0 Å². The SMILES string of the molecule is COCc1nc(-c2cccc3cccnc23)[nH]c(=O)c1I. The molecule has 5 nitrogen and oxygen atoms in total. The number of hydrogen-bond acceptors (Lipinski definition) is 4. The van der Waals surface area contributed by atoms with Crippen molar-refractivity contribution in [2.24, 2.45) is 0 Å². The minimum Gasteiger partial charge on any atom is -0.378 e. The lowest BCUT2D eigenvalue weighted by atomic mass is 10.1. The van der Waals surface area contributed by atoms with E-state index in [1.807, 2.05) is 52.9 Å². The van der Waals surface area contributed by atoms with Crippen LogP contribution in [0.5, 0.6) is 0 Å². The number of halogens is 1. The van der Waals surface area contributed by atoms with Crippen LogP contribution in [0.4, 0.5) is 0 Å². The van der Waals surface area contributed by atoms with Crippen molar-refractivity contribution < 1.29 is 4.74 Å². The fourth-order valence-electron chi connectivity index (χ4n) is 2.16. The van der Waals surface area contributed by atoms with Gasteiger partial charge in [0.1, 0.15) is 9.39 Å². The Morgan fingerprint density at radius 1 is 1.29 bits per heavy atom. The monoisotopic (exact) mass is 393 g/mol. The molecular formula is C15H12IN3O2. The predicted octanol–water partition coefficient (Wildman–Crippen LogP) is 2.74. The number of pyridine rings is 1. The summed E-state index contributed by atoms with van der Waals surface area (Å²) in [6, 6.07) is 9.66. The first-order valence-electron chi connectivity index (χ1n) is 6.32. The van der Waals surface area contributed by atoms with E-state index in [0.717, 1.165) is 16.5 Å². The number of H-pyrrole nitrogens is 1. The zero-order valence-corrected chi connectivity index (χ0v) is 13.4. The van der Waals surface area contributed by atoms with Crippen molar-refractivity contribution in [1.29, 1.82) is 0 Å². The molecule has 0 fully saturated rings. The van der Waals surface area contributed by atoms with Gasteiger partial charge in [-0.1, -0.05) is 18.2 Å². The standard InChI is InChI=1S/C15H12IN3O2/c1-21-8-11-12(16)15(20)19-14(18-11)10-6-2-4-9-5-3-7-17-13(9)10/h2-7H,8H2,1H3,(H,18,19,20). The summed E-state index contributed by atoms with van der Waals surface area (Å²) in [5.74, 6) is 0.511. The molecule has 2 heterocycles. The molecular weight excluding hydrogens is 381 g/mol. The number of rotatable bonds is 3. The first-order chi connectivity index (χ1) is 10.2. The smallest absolute Gasteiger partial charge is 0.264 e. The summed E-state index contributed by atoms with van der Waals surface area (Å²) in [7, 11) is 1.58. The summed E-state index contributed by atoms with van der Waals surface area (Å²) in [5, 5.41) is 1.00. The third-order valence-electron chi connectivity index (χ3n) is 3.10. The van der Waals surface area contributed by atoms with E-state index in [9.17, 15) is 4.79 Å². The average molecular weight is 393 g/mol. The second kappa shape index (κ2) is 5.90. The number of ether oxygens (including phenoxy) is 1. The summed E-state index contributed by atoms with van der Waals surface area (Å²) < 4.78 is 5.65. The van der Waals surface area contributed by atoms with Gasteiger partial charge in [0.25, 0.3) is 5.56 Å². The summed E-state index contributed by atoms with van der Waals surface area (Å²) in [4.78, 5) is 23.8. The Bertz CT molecular complexity index is 856. The van der Waals surface area contributed by atoms with Crippen LogP contribution in [0, 0.1) is 3.57 Å². The molecule has 0 bridgehead atoms. The Morgan fingerprint density at radius 2 is 2.10 bits per heavy atom. The molecule has 0 saturated heterocycles. The van der Waals surface area contributed by atoms with E-state index >= 15 is 0 Å². The highest BCUT2D eigenvalue weighted by atomic mass is 127. The Morgan fingerprint density at radius 3 is 2.90 bits per heavy atom. The van der Waals surface area contributed by atoms with E-state index in [1.54, 1.807) is 13.3 Å². The van der Waals surface area contributed by atoms with E-state index in [-0.39, 0.29) is 5.56 Å². The van der Waals surface area contributed by atoms with Crippen molar-refractivity contribution in [3.05, 3.63) is 56.1 Å². The second-order valence-electron chi connectivity index (χ2n) is 4.49. The highest BCUT2D eigenvalue weighted by Crippen LogP contribution is 2.24. The number of fused-ring (bicyclic) bond motifs is 1. The number of nitrogens with zero attached hydrogens (tertiary/aromatic N) is 2. The van der Waals surface area contributed by atoms with E-state index in [2.05, 4.69) is 15.0 Å². The van der Waals surface area contributed by atoms with Gasteiger partial charge in [-0.25, -0.2) is 4.98 Å². The van der Waals surface area contributed by atoms with Gasteiger partial charge in [0.05, 0.1) is 17.8 Å². The van der Waals surface area contributed by atoms with Crippen molar-refractivity contribution >= 4 is 33.5 Å². The van der Waals surface area contributed by atoms with Gasteiger partial charge in [0.15, 0.2) is 0 Å². The lowest BCUT2D eigenvalue weighted by Crippen LogP contribution is -2.17. The normalized spacial score (nSPS) is 11.0. The molecule has 21 heavy (non-hydrogen) atoms. The van der Waals surface area contributed by atoms with E-state index in [1.165, 1.54) is 0 Å². The van der Waals surface area contributed by atoms with Crippen LogP contribution in [-0.2, 0) is 11.3 Å². The van der Waals surface area contributed by atoms with Crippen molar-refractivity contribution in [2.45, 2.75) is 6.61 Å². The fraction of sp³-hybridized carbons (Fsp3) is 0.133. The molecule has 3 rings (SSSR count). The third-order valence-corrected chi connectivity index (χ3v) is 4.21. The van der Waals surface area contributed by atoms with E-state index < -0.39 is 0 Å². The Hall–Kier alpha value is -1.80. The van der Waals surface area contributed by atoms with Crippen molar-refractivity contribution in [3.8, 4) is 11.4 Å². The topological polar surface area (TPSA) is 67.9 Å². The maximum atomic E-state index is 12.1. The molecule has 0 aliphatic carbocycles. The summed E-state index contributed by atoms with van der Waals surface area (Å²) in [5.41, 5.74) is 2.08. The van der Waals surface area contributed by atoms with Gasteiger partial charge in [-0.3, -0.25) is 9.78 Å². The first kappa shape index (κ1) is 14.2. The van der Waals surface area contributed by atoms with Crippen LogP contribution in [-0.4, -0.2) is 22.1 Å². The molecule has 0 amide bonds. The molecule has 0 aliphatic rings. The van der Waals surface area contributed by atoms with Gasteiger partial charge in [0.2, 0.25) is 0 Å². The molecule has 2 aromatic heterocycles. The van der Waals surface area contributed by atoms with Crippen LogP contribution in [0.2, 0.25) is 0 Å². The molecule has 0 unspecified atom stereocenters. The van der Waals surface area contributed by atoms with Gasteiger partial charge in [-0.15, -0.1) is 0 Å². The molecule has 0 atom stereocenters. The van der Waals surface area contributed by atoms with Gasteiger partial charge in [-0.05, 0) is 34.7 Å². The number of nitrogens with one attached hydrogen (secondary N) is 1. The number of benzene rings is 1. The van der Waals surface area contributed by atoms with E-state index in [4.69, 9.17) is 4.74 Å². The van der Waals surface area contributed by atoms with Crippen LogP contribution in [0.25, 0.3) is 22.3 Å². The molecule has 0 saturated carbocycles. The Kier molecular flexibility index (Phi) is 3.98. The number of aromatic nitrogens is 3. The van der Waals surface area contributed by atoms with Gasteiger partial charge >= 0.3 is 0 Å². The molecule has 3 aromatic rings. The minimum absolute atomic E-state index is 0.166. The van der Waals surface area contributed by atoms with Crippen molar-refractivity contribution in [3.63, 3.8) is 0 Å². The molecule has 1 N–H and O–H groups in total. The molecule has 0 aliphatic heterocycles.